The maximum Gasteiger partial charge on any atom is 0.472 e. The number of hydrogen-bond acceptors (Lipinski definition) is 15. The van der Waals surface area contributed by atoms with Crippen molar-refractivity contribution in [3.8, 4) is 0 Å². The lowest BCUT2D eigenvalue weighted by Gasteiger charge is -2.21. The van der Waals surface area contributed by atoms with E-state index < -0.39 is 97.5 Å². The Morgan fingerprint density at radius 1 is 0.262 bits per heavy atom. The highest BCUT2D eigenvalue weighted by Crippen LogP contribution is 2.45. The third-order valence-electron chi connectivity index (χ3n) is 19.6. The second-order valence-electron chi connectivity index (χ2n) is 31.6. The monoisotopic (exact) mass is 1510 g/mol. The van der Waals surface area contributed by atoms with E-state index in [2.05, 4.69) is 48.5 Å². The molecule has 0 amide bonds. The van der Waals surface area contributed by atoms with Crippen molar-refractivity contribution in [3.63, 3.8) is 0 Å². The van der Waals surface area contributed by atoms with Crippen LogP contribution in [0.5, 0.6) is 0 Å². The van der Waals surface area contributed by atoms with Crippen LogP contribution in [0, 0.1) is 17.8 Å². The molecule has 0 spiro atoms. The molecule has 612 valence electrons. The molecule has 0 aliphatic rings. The van der Waals surface area contributed by atoms with Crippen LogP contribution in [0.15, 0.2) is 0 Å². The molecule has 0 aromatic heterocycles. The summed E-state index contributed by atoms with van der Waals surface area (Å²) in [7, 11) is -9.92. The van der Waals surface area contributed by atoms with Gasteiger partial charge >= 0.3 is 39.5 Å². The molecule has 3 N–H and O–H groups in total. The normalized spacial score (nSPS) is 13.9. The average molecular weight is 1510 g/mol. The molecule has 0 aliphatic carbocycles. The average Bonchev–Trinajstić information content (AvgIpc) is 0.920. The van der Waals surface area contributed by atoms with Crippen LogP contribution < -0.4 is 0 Å². The number of phosphoric ester groups is 2. The van der Waals surface area contributed by atoms with Gasteiger partial charge in [0.25, 0.3) is 0 Å². The molecule has 0 aliphatic heterocycles. The molecule has 0 fully saturated rings. The molecule has 19 heteroatoms. The van der Waals surface area contributed by atoms with Gasteiger partial charge in [-0.1, -0.05) is 389 Å². The molecule has 2 unspecified atom stereocenters. The van der Waals surface area contributed by atoms with Gasteiger partial charge in [-0.2, -0.15) is 0 Å². The SMILES string of the molecule is CCCCCCCCCCCCCC(=O)O[C@H](COC(=O)CCCCCCCCCC(C)C)COP(=O)(O)OC[C@H](O)COP(=O)(O)OC[C@@H](COC(=O)CCCCCCCCCCCCCCCCCCCCC(C)C)OC(=O)CCCCCCCCCCCCCCCCCCCCC(C)C. The number of phosphoric acid groups is 2. The molecule has 5 atom stereocenters. The largest absolute Gasteiger partial charge is 0.472 e. The lowest BCUT2D eigenvalue weighted by atomic mass is 10.0. The van der Waals surface area contributed by atoms with Crippen molar-refractivity contribution in [2.45, 2.75) is 458 Å². The summed E-state index contributed by atoms with van der Waals surface area (Å²) in [5.74, 6) is 0.240. The number of ether oxygens (including phenoxy) is 4. The van der Waals surface area contributed by atoms with Crippen LogP contribution in [0.4, 0.5) is 0 Å². The number of carbonyl (C=O) groups is 4. The van der Waals surface area contributed by atoms with Crippen molar-refractivity contribution in [2.24, 2.45) is 17.8 Å². The number of aliphatic hydroxyl groups is 1. The molecule has 103 heavy (non-hydrogen) atoms. The van der Waals surface area contributed by atoms with E-state index in [1.807, 2.05) is 0 Å². The van der Waals surface area contributed by atoms with E-state index in [1.165, 1.54) is 244 Å². The molecule has 0 rings (SSSR count). The topological polar surface area (TPSA) is 237 Å². The molecule has 0 aromatic rings. The minimum Gasteiger partial charge on any atom is -0.462 e. The van der Waals surface area contributed by atoms with Gasteiger partial charge in [-0.3, -0.25) is 37.3 Å². The highest BCUT2D eigenvalue weighted by molar-refractivity contribution is 7.47. The van der Waals surface area contributed by atoms with Gasteiger partial charge < -0.3 is 33.8 Å². The molecular formula is C84H164O17P2. The van der Waals surface area contributed by atoms with Crippen molar-refractivity contribution in [3.05, 3.63) is 0 Å². The quantitative estimate of drug-likeness (QED) is 0.0222. The van der Waals surface area contributed by atoms with Crippen LogP contribution in [-0.2, 0) is 65.4 Å². The van der Waals surface area contributed by atoms with Crippen LogP contribution in [0.3, 0.4) is 0 Å². The molecule has 0 heterocycles. The van der Waals surface area contributed by atoms with Gasteiger partial charge in [0.15, 0.2) is 12.2 Å². The van der Waals surface area contributed by atoms with Gasteiger partial charge in [-0.15, -0.1) is 0 Å². The van der Waals surface area contributed by atoms with E-state index in [1.54, 1.807) is 0 Å². The fourth-order valence-corrected chi connectivity index (χ4v) is 14.6. The van der Waals surface area contributed by atoms with E-state index in [0.29, 0.717) is 31.6 Å². The van der Waals surface area contributed by atoms with Gasteiger partial charge in [-0.05, 0) is 43.4 Å². The third kappa shape index (κ3) is 78.0. The zero-order valence-electron chi connectivity index (χ0n) is 67.8. The summed E-state index contributed by atoms with van der Waals surface area (Å²) in [6.07, 6.45) is 64.1. The Morgan fingerprint density at radius 3 is 0.660 bits per heavy atom. The fourth-order valence-electron chi connectivity index (χ4n) is 13.0. The maximum atomic E-state index is 13.1. The number of unbranched alkanes of at least 4 members (excludes halogenated alkanes) is 50. The first-order valence-electron chi connectivity index (χ1n) is 43.3. The van der Waals surface area contributed by atoms with Crippen LogP contribution in [0.25, 0.3) is 0 Å². The summed E-state index contributed by atoms with van der Waals surface area (Å²) >= 11 is 0. The Hall–Kier alpha value is -1.94. The first-order chi connectivity index (χ1) is 49.7. The van der Waals surface area contributed by atoms with E-state index in [0.717, 1.165) is 108 Å². The highest BCUT2D eigenvalue weighted by Gasteiger charge is 2.30. The first kappa shape index (κ1) is 101. The molecule has 0 aromatic carbocycles. The molecular weight excluding hydrogens is 1340 g/mol. The van der Waals surface area contributed by atoms with Crippen molar-refractivity contribution in [1.82, 2.24) is 0 Å². The van der Waals surface area contributed by atoms with E-state index >= 15 is 0 Å². The molecule has 0 bridgehead atoms. The van der Waals surface area contributed by atoms with Crippen molar-refractivity contribution in [2.75, 3.05) is 39.6 Å². The summed E-state index contributed by atoms with van der Waals surface area (Å²) in [5, 5.41) is 10.6. The zero-order valence-corrected chi connectivity index (χ0v) is 69.6. The zero-order chi connectivity index (χ0) is 75.8. The molecule has 0 saturated carbocycles. The minimum atomic E-state index is -4.96. The number of carbonyl (C=O) groups excluding carboxylic acids is 4. The Kier molecular flexibility index (Phi) is 72.8. The summed E-state index contributed by atoms with van der Waals surface area (Å²) < 4.78 is 68.7. The second kappa shape index (κ2) is 74.2. The molecule has 0 radical (unpaired) electrons. The standard InChI is InChI=1S/C84H164O17P2/c1-8-9-10-11-12-13-30-38-45-53-60-67-83(88)101-80(72-95-82(87)66-59-52-47-40-43-50-57-64-77(6)7)74-99-103(92,93)97-70-78(85)69-96-102(90,91)98-73-79(100-84(89)68-61-54-46-39-34-29-25-21-17-15-19-23-27-32-36-42-49-56-63-76(4)5)71-94-81(86)65-58-51-44-37-33-28-24-20-16-14-18-22-26-31-35-41-48-55-62-75(2)3/h75-80,85H,8-74H2,1-7H3,(H,90,91)(H,92,93)/t78-,79-,80-/m1/s1. The summed E-state index contributed by atoms with van der Waals surface area (Å²) in [6.45, 7) is 12.0. The van der Waals surface area contributed by atoms with Gasteiger partial charge in [0.1, 0.15) is 19.3 Å². The smallest absolute Gasteiger partial charge is 0.462 e. The maximum absolute atomic E-state index is 13.1. The van der Waals surface area contributed by atoms with Gasteiger partial charge in [0.2, 0.25) is 0 Å². The van der Waals surface area contributed by atoms with Crippen molar-refractivity contribution in [1.29, 1.82) is 0 Å². The third-order valence-corrected chi connectivity index (χ3v) is 21.5. The van der Waals surface area contributed by atoms with Crippen LogP contribution in [0.2, 0.25) is 0 Å². The summed E-state index contributed by atoms with van der Waals surface area (Å²) in [5.41, 5.74) is 0. The highest BCUT2D eigenvalue weighted by atomic mass is 31.2. The van der Waals surface area contributed by atoms with Crippen LogP contribution in [-0.4, -0.2) is 96.7 Å². The van der Waals surface area contributed by atoms with Crippen LogP contribution >= 0.6 is 15.6 Å². The predicted octanol–water partition coefficient (Wildman–Crippen LogP) is 25.3. The summed E-state index contributed by atoms with van der Waals surface area (Å²) in [4.78, 5) is 73.0. The molecule has 0 saturated heterocycles. The Morgan fingerprint density at radius 2 is 0.447 bits per heavy atom. The van der Waals surface area contributed by atoms with E-state index in [9.17, 15) is 43.2 Å². The first-order valence-corrected chi connectivity index (χ1v) is 46.3. The minimum absolute atomic E-state index is 0.106. The van der Waals surface area contributed by atoms with Crippen LogP contribution in [0.1, 0.15) is 440 Å². The van der Waals surface area contributed by atoms with Gasteiger partial charge in [-0.25, -0.2) is 9.13 Å². The van der Waals surface area contributed by atoms with Gasteiger partial charge in [0, 0.05) is 25.7 Å². The molecule has 17 nitrogen and oxygen atoms in total. The van der Waals surface area contributed by atoms with Gasteiger partial charge in [0.05, 0.1) is 26.4 Å². The predicted molar refractivity (Wildman–Crippen MR) is 423 cm³/mol. The number of hydrogen-bond donors (Lipinski definition) is 3. The number of rotatable bonds is 82. The van der Waals surface area contributed by atoms with Crippen molar-refractivity contribution >= 4 is 39.5 Å². The number of aliphatic hydroxyl groups excluding tert-OH is 1. The lowest BCUT2D eigenvalue weighted by Crippen LogP contribution is -2.30. The fraction of sp³-hybridized carbons (Fsp3) is 0.952. The Labute approximate surface area is 632 Å². The second-order valence-corrected chi connectivity index (χ2v) is 34.6. The van der Waals surface area contributed by atoms with Crippen molar-refractivity contribution < 1.29 is 80.2 Å². The van der Waals surface area contributed by atoms with E-state index in [-0.39, 0.29) is 25.7 Å². The summed E-state index contributed by atoms with van der Waals surface area (Å²) in [6, 6.07) is 0. The lowest BCUT2D eigenvalue weighted by molar-refractivity contribution is -0.161. The number of esters is 4. The Bertz CT molecular complexity index is 1990. The van der Waals surface area contributed by atoms with E-state index in [4.69, 9.17) is 37.0 Å². The Balaban J connectivity index is 5.19.